The fourth-order valence-corrected chi connectivity index (χ4v) is 3.17. The van der Waals surface area contributed by atoms with Crippen LogP contribution in [-0.2, 0) is 9.59 Å². The van der Waals surface area contributed by atoms with Crippen LogP contribution in [0.1, 0.15) is 53.0 Å². The summed E-state index contributed by atoms with van der Waals surface area (Å²) in [6.45, 7) is 10.2. The molecular formula is C18H31N5O2. The third kappa shape index (κ3) is 5.29. The van der Waals surface area contributed by atoms with Gasteiger partial charge >= 0.3 is 0 Å². The van der Waals surface area contributed by atoms with Crippen LogP contribution in [0, 0.1) is 5.92 Å². The van der Waals surface area contributed by atoms with E-state index in [-0.39, 0.29) is 23.9 Å². The van der Waals surface area contributed by atoms with Gasteiger partial charge in [0, 0.05) is 19.5 Å². The Morgan fingerprint density at radius 2 is 2.00 bits per heavy atom. The average molecular weight is 349 g/mol. The monoisotopic (exact) mass is 349 g/mol. The number of anilines is 1. The number of hydrogen-bond donors (Lipinski definition) is 2. The van der Waals surface area contributed by atoms with E-state index in [9.17, 15) is 9.59 Å². The Morgan fingerprint density at radius 1 is 1.32 bits per heavy atom. The summed E-state index contributed by atoms with van der Waals surface area (Å²) in [6, 6.07) is 1.92. The van der Waals surface area contributed by atoms with Crippen molar-refractivity contribution in [1.29, 1.82) is 0 Å². The number of aromatic nitrogens is 2. The molecule has 2 N–H and O–H groups in total. The molecule has 1 aliphatic heterocycles. The summed E-state index contributed by atoms with van der Waals surface area (Å²) in [7, 11) is 0. The molecule has 0 aliphatic carbocycles. The highest BCUT2D eigenvalue weighted by molar-refractivity contribution is 5.93. The third-order valence-corrected chi connectivity index (χ3v) is 5.15. The fraction of sp³-hybridized carbons (Fsp3) is 0.722. The van der Waals surface area contributed by atoms with Gasteiger partial charge in [-0.25, -0.2) is 4.68 Å². The van der Waals surface area contributed by atoms with Crippen molar-refractivity contribution in [2.24, 2.45) is 5.92 Å². The van der Waals surface area contributed by atoms with Crippen molar-refractivity contribution >= 4 is 17.6 Å². The highest BCUT2D eigenvalue weighted by atomic mass is 16.2. The van der Waals surface area contributed by atoms with Crippen LogP contribution in [0.15, 0.2) is 12.3 Å². The third-order valence-electron chi connectivity index (χ3n) is 5.15. The second kappa shape index (κ2) is 8.99. The Balaban J connectivity index is 1.85. The van der Waals surface area contributed by atoms with Gasteiger partial charge in [-0.15, -0.1) is 0 Å². The van der Waals surface area contributed by atoms with Crippen LogP contribution in [0.2, 0.25) is 0 Å². The number of amides is 2. The Kier molecular flexibility index (Phi) is 6.99. The number of nitrogens with one attached hydrogen (secondary N) is 2. The first-order valence-electron chi connectivity index (χ1n) is 9.25. The lowest BCUT2D eigenvalue weighted by Gasteiger charge is -2.35. The molecule has 0 aromatic carbocycles. The second-order valence-electron chi connectivity index (χ2n) is 7.00. The lowest BCUT2D eigenvalue weighted by molar-refractivity contribution is -0.121. The average Bonchev–Trinajstić information content (AvgIpc) is 3.07. The predicted molar refractivity (Wildman–Crippen MR) is 98.3 cm³/mol. The minimum absolute atomic E-state index is 0.00497. The van der Waals surface area contributed by atoms with Crippen molar-refractivity contribution < 1.29 is 9.59 Å². The van der Waals surface area contributed by atoms with Crippen molar-refractivity contribution in [3.8, 4) is 0 Å². The Hall–Kier alpha value is -1.89. The lowest BCUT2D eigenvalue weighted by atomic mass is 9.95. The molecular weight excluding hydrogens is 318 g/mol. The fourth-order valence-electron chi connectivity index (χ4n) is 3.17. The van der Waals surface area contributed by atoms with Gasteiger partial charge in [-0.1, -0.05) is 6.92 Å². The molecule has 25 heavy (non-hydrogen) atoms. The zero-order chi connectivity index (χ0) is 18.4. The highest BCUT2D eigenvalue weighted by Crippen LogP contribution is 2.20. The van der Waals surface area contributed by atoms with Gasteiger partial charge in [-0.05, 0) is 52.1 Å². The zero-order valence-electron chi connectivity index (χ0n) is 15.8. The molecule has 2 rings (SSSR count). The van der Waals surface area contributed by atoms with E-state index >= 15 is 0 Å². The summed E-state index contributed by atoms with van der Waals surface area (Å²) in [4.78, 5) is 25.8. The molecule has 2 atom stereocenters. The smallest absolute Gasteiger partial charge is 0.242 e. The highest BCUT2D eigenvalue weighted by Gasteiger charge is 2.27. The van der Waals surface area contributed by atoms with Crippen molar-refractivity contribution in [2.45, 2.75) is 59.0 Å². The van der Waals surface area contributed by atoms with Crippen LogP contribution in [0.3, 0.4) is 0 Å². The van der Waals surface area contributed by atoms with E-state index in [2.05, 4.69) is 34.5 Å². The minimum Gasteiger partial charge on any atom is -0.356 e. The molecule has 0 saturated carbocycles. The number of likely N-dealkylation sites (tertiary alicyclic amines) is 1. The van der Waals surface area contributed by atoms with Crippen molar-refractivity contribution in [3.05, 3.63) is 12.3 Å². The van der Waals surface area contributed by atoms with E-state index in [0.29, 0.717) is 5.92 Å². The van der Waals surface area contributed by atoms with Gasteiger partial charge < -0.3 is 10.6 Å². The topological polar surface area (TPSA) is 79.3 Å². The molecule has 0 spiro atoms. The van der Waals surface area contributed by atoms with Gasteiger partial charge in [0.2, 0.25) is 11.8 Å². The van der Waals surface area contributed by atoms with Gasteiger partial charge in [0.25, 0.3) is 0 Å². The second-order valence-corrected chi connectivity index (χ2v) is 7.00. The maximum Gasteiger partial charge on any atom is 0.242 e. The normalized spacial score (nSPS) is 18.6. The standard InChI is InChI=1S/C18H31N5O2/c1-5-13(2)23-17(6-9-20-23)21-18(25)14(3)22-10-7-16(8-11-22)12-19-15(4)24/h6,9,13-14,16H,5,7-8,10-12H2,1-4H3,(H,19,24)(H,21,25)/t13-,14-/m0/s1. The molecule has 7 nitrogen and oxygen atoms in total. The van der Waals surface area contributed by atoms with Crippen LogP contribution < -0.4 is 10.6 Å². The van der Waals surface area contributed by atoms with Crippen molar-refractivity contribution in [1.82, 2.24) is 20.0 Å². The van der Waals surface area contributed by atoms with Gasteiger partial charge in [0.1, 0.15) is 5.82 Å². The van der Waals surface area contributed by atoms with Gasteiger partial charge in [0.05, 0.1) is 18.3 Å². The van der Waals surface area contributed by atoms with Crippen LogP contribution >= 0.6 is 0 Å². The van der Waals surface area contributed by atoms with E-state index in [4.69, 9.17) is 0 Å². The molecule has 0 radical (unpaired) electrons. The molecule has 1 saturated heterocycles. The number of rotatable bonds is 7. The summed E-state index contributed by atoms with van der Waals surface area (Å²) in [5.41, 5.74) is 0. The first-order chi connectivity index (χ1) is 11.9. The van der Waals surface area contributed by atoms with Crippen molar-refractivity contribution in [2.75, 3.05) is 25.0 Å². The summed E-state index contributed by atoms with van der Waals surface area (Å²) in [5, 5.41) is 10.2. The van der Waals surface area contributed by atoms with E-state index in [1.807, 2.05) is 17.7 Å². The largest absolute Gasteiger partial charge is 0.356 e. The van der Waals surface area contributed by atoms with Crippen LogP contribution in [0.25, 0.3) is 0 Å². The van der Waals surface area contributed by atoms with Crippen molar-refractivity contribution in [3.63, 3.8) is 0 Å². The SMILES string of the molecule is CC[C@H](C)n1nccc1NC(=O)[C@H](C)N1CCC(CNC(C)=O)CC1. The lowest BCUT2D eigenvalue weighted by Crippen LogP contribution is -2.47. The van der Waals surface area contributed by atoms with Gasteiger partial charge in [0.15, 0.2) is 0 Å². The summed E-state index contributed by atoms with van der Waals surface area (Å²) in [5.74, 6) is 1.28. The van der Waals surface area contributed by atoms with E-state index in [1.165, 1.54) is 0 Å². The minimum atomic E-state index is -0.179. The number of piperidine rings is 1. The number of carbonyl (C=O) groups excluding carboxylic acids is 2. The number of nitrogens with zero attached hydrogens (tertiary/aromatic N) is 3. The van der Waals surface area contributed by atoms with Crippen LogP contribution in [-0.4, -0.2) is 52.2 Å². The summed E-state index contributed by atoms with van der Waals surface area (Å²) >= 11 is 0. The molecule has 1 aromatic rings. The molecule has 7 heteroatoms. The molecule has 1 fully saturated rings. The van der Waals surface area contributed by atoms with Gasteiger partial charge in [-0.3, -0.25) is 14.5 Å². The molecule has 2 amide bonds. The Labute approximate surface area is 150 Å². The Morgan fingerprint density at radius 3 is 2.60 bits per heavy atom. The predicted octanol–water partition coefficient (Wildman–Crippen LogP) is 2.03. The molecule has 2 heterocycles. The Bertz CT molecular complexity index is 578. The molecule has 140 valence electrons. The van der Waals surface area contributed by atoms with E-state index < -0.39 is 0 Å². The number of carbonyl (C=O) groups is 2. The van der Waals surface area contributed by atoms with Crippen LogP contribution in [0.5, 0.6) is 0 Å². The summed E-state index contributed by atoms with van der Waals surface area (Å²) < 4.78 is 1.87. The first kappa shape index (κ1) is 19.4. The molecule has 0 unspecified atom stereocenters. The number of hydrogen-bond acceptors (Lipinski definition) is 4. The quantitative estimate of drug-likeness (QED) is 0.789. The van der Waals surface area contributed by atoms with E-state index in [1.54, 1.807) is 13.1 Å². The molecule has 0 bridgehead atoms. The van der Waals surface area contributed by atoms with Gasteiger partial charge in [-0.2, -0.15) is 5.10 Å². The van der Waals surface area contributed by atoms with E-state index in [0.717, 1.165) is 44.7 Å². The zero-order valence-corrected chi connectivity index (χ0v) is 15.8. The van der Waals surface area contributed by atoms with Crippen LogP contribution in [0.4, 0.5) is 5.82 Å². The first-order valence-corrected chi connectivity index (χ1v) is 9.25. The molecule has 1 aliphatic rings. The summed E-state index contributed by atoms with van der Waals surface area (Å²) in [6.07, 6.45) is 4.69. The maximum atomic E-state index is 12.6. The molecule has 1 aromatic heterocycles. The maximum absolute atomic E-state index is 12.6.